The average Bonchev–Trinajstić information content (AvgIpc) is 2.56. The van der Waals surface area contributed by atoms with Crippen molar-refractivity contribution in [1.82, 2.24) is 10.2 Å². The highest BCUT2D eigenvalue weighted by Crippen LogP contribution is 2.32. The Bertz CT molecular complexity index is 335. The van der Waals surface area contributed by atoms with Gasteiger partial charge in [-0.15, -0.1) is 6.58 Å². The molecule has 2 aliphatic heterocycles. The Labute approximate surface area is 109 Å². The van der Waals surface area contributed by atoms with Crippen LogP contribution in [0.1, 0.15) is 40.0 Å². The van der Waals surface area contributed by atoms with Crippen molar-refractivity contribution in [3.05, 3.63) is 12.7 Å². The molecule has 4 heteroatoms. The minimum absolute atomic E-state index is 0.162. The van der Waals surface area contributed by atoms with E-state index >= 15 is 0 Å². The minimum Gasteiger partial charge on any atom is -0.444 e. The van der Waals surface area contributed by atoms with Crippen LogP contribution in [0.25, 0.3) is 0 Å². The molecule has 1 amide bonds. The summed E-state index contributed by atoms with van der Waals surface area (Å²) in [6, 6.07) is 0.885. The van der Waals surface area contributed by atoms with Gasteiger partial charge >= 0.3 is 6.09 Å². The Morgan fingerprint density at radius 3 is 2.83 bits per heavy atom. The summed E-state index contributed by atoms with van der Waals surface area (Å²) in [5.41, 5.74) is -0.421. The van der Waals surface area contributed by atoms with E-state index in [1.807, 2.05) is 31.7 Å². The van der Waals surface area contributed by atoms with E-state index in [-0.39, 0.29) is 12.1 Å². The number of nitrogens with one attached hydrogen (secondary N) is 1. The number of nitrogens with zero attached hydrogens (tertiary/aromatic N) is 1. The summed E-state index contributed by atoms with van der Waals surface area (Å²) in [5.74, 6) is 0. The molecule has 2 rings (SSSR count). The molecule has 102 valence electrons. The van der Waals surface area contributed by atoms with Gasteiger partial charge in [-0.1, -0.05) is 6.08 Å². The van der Waals surface area contributed by atoms with E-state index in [1.54, 1.807) is 0 Å². The summed E-state index contributed by atoms with van der Waals surface area (Å²) in [4.78, 5) is 14.2. The first-order valence-electron chi connectivity index (χ1n) is 6.78. The van der Waals surface area contributed by atoms with E-state index in [4.69, 9.17) is 4.74 Å². The van der Waals surface area contributed by atoms with E-state index in [1.165, 1.54) is 0 Å². The predicted molar refractivity (Wildman–Crippen MR) is 71.5 cm³/mol. The molecule has 2 heterocycles. The highest BCUT2D eigenvalue weighted by molar-refractivity contribution is 5.70. The van der Waals surface area contributed by atoms with E-state index < -0.39 is 5.60 Å². The first-order chi connectivity index (χ1) is 8.42. The van der Waals surface area contributed by atoms with Gasteiger partial charge in [0.2, 0.25) is 0 Å². The molecule has 2 fully saturated rings. The molecule has 0 aliphatic carbocycles. The SMILES string of the molecule is C=CC[C@H]1NC[C@@H]2CC[C@H]1N2C(=O)OC(C)(C)C. The first kappa shape index (κ1) is 13.4. The van der Waals surface area contributed by atoms with Crippen LogP contribution in [-0.2, 0) is 4.74 Å². The van der Waals surface area contributed by atoms with Crippen molar-refractivity contribution >= 4 is 6.09 Å². The maximum atomic E-state index is 12.3. The lowest BCUT2D eigenvalue weighted by Gasteiger charge is -2.41. The molecule has 0 spiro atoms. The molecule has 18 heavy (non-hydrogen) atoms. The molecule has 0 radical (unpaired) electrons. The molecule has 3 atom stereocenters. The molecule has 2 saturated heterocycles. The van der Waals surface area contributed by atoms with E-state index in [0.717, 1.165) is 25.8 Å². The Morgan fingerprint density at radius 2 is 2.22 bits per heavy atom. The Kier molecular flexibility index (Phi) is 3.66. The molecular formula is C14H24N2O2. The molecule has 0 unspecified atom stereocenters. The summed E-state index contributed by atoms with van der Waals surface area (Å²) < 4.78 is 5.52. The summed E-state index contributed by atoms with van der Waals surface area (Å²) in [6.45, 7) is 10.4. The third-order valence-corrected chi connectivity index (χ3v) is 3.65. The number of rotatable bonds is 2. The molecule has 0 aromatic rings. The van der Waals surface area contributed by atoms with Crippen LogP contribution in [0.3, 0.4) is 0 Å². The molecule has 0 saturated carbocycles. The fourth-order valence-corrected chi connectivity index (χ4v) is 2.95. The van der Waals surface area contributed by atoms with Crippen LogP contribution in [0, 0.1) is 0 Å². The predicted octanol–water partition coefficient (Wildman–Crippen LogP) is 2.30. The lowest BCUT2D eigenvalue weighted by atomic mass is 10.0. The zero-order chi connectivity index (χ0) is 13.3. The van der Waals surface area contributed by atoms with Crippen LogP contribution in [0.4, 0.5) is 4.79 Å². The molecule has 2 aliphatic rings. The molecule has 0 aromatic carbocycles. The fraction of sp³-hybridized carbons (Fsp3) is 0.786. The number of carbonyl (C=O) groups excluding carboxylic acids is 1. The summed E-state index contributed by atoms with van der Waals surface area (Å²) >= 11 is 0. The Morgan fingerprint density at radius 1 is 1.50 bits per heavy atom. The topological polar surface area (TPSA) is 41.6 Å². The first-order valence-corrected chi connectivity index (χ1v) is 6.78. The molecule has 4 nitrogen and oxygen atoms in total. The Hall–Kier alpha value is -1.03. The average molecular weight is 252 g/mol. The van der Waals surface area contributed by atoms with Crippen molar-refractivity contribution in [2.45, 2.75) is 63.8 Å². The minimum atomic E-state index is -0.421. The monoisotopic (exact) mass is 252 g/mol. The number of piperazine rings is 1. The van der Waals surface area contributed by atoms with Gasteiger partial charge in [0.15, 0.2) is 0 Å². The maximum absolute atomic E-state index is 12.3. The van der Waals surface area contributed by atoms with Crippen molar-refractivity contribution in [1.29, 1.82) is 0 Å². The number of ether oxygens (including phenoxy) is 1. The number of hydrogen-bond acceptors (Lipinski definition) is 3. The van der Waals surface area contributed by atoms with Crippen LogP contribution < -0.4 is 5.32 Å². The van der Waals surface area contributed by atoms with E-state index in [2.05, 4.69) is 11.9 Å². The maximum Gasteiger partial charge on any atom is 0.410 e. The van der Waals surface area contributed by atoms with Gasteiger partial charge in [0.1, 0.15) is 5.60 Å². The normalized spacial score (nSPS) is 31.3. The van der Waals surface area contributed by atoms with Gasteiger partial charge in [-0.25, -0.2) is 4.79 Å². The quantitative estimate of drug-likeness (QED) is 0.767. The summed E-state index contributed by atoms with van der Waals surface area (Å²) in [5, 5.41) is 3.51. The van der Waals surface area contributed by atoms with Crippen LogP contribution in [0.2, 0.25) is 0 Å². The number of hydrogen-bond donors (Lipinski definition) is 1. The van der Waals surface area contributed by atoms with Crippen LogP contribution >= 0.6 is 0 Å². The van der Waals surface area contributed by atoms with Crippen LogP contribution in [-0.4, -0.2) is 41.3 Å². The Balaban J connectivity index is 2.08. The zero-order valence-electron chi connectivity index (χ0n) is 11.6. The highest BCUT2D eigenvalue weighted by Gasteiger charge is 2.45. The van der Waals surface area contributed by atoms with Gasteiger partial charge in [-0.3, -0.25) is 4.90 Å². The van der Waals surface area contributed by atoms with Gasteiger partial charge in [0.05, 0.1) is 6.04 Å². The standard InChI is InChI=1S/C14H24N2O2/c1-5-6-11-12-8-7-10(9-15-11)16(12)13(17)18-14(2,3)4/h5,10-12,15H,1,6-9H2,2-4H3/t10-,11+,12+/m0/s1. The lowest BCUT2D eigenvalue weighted by Crippen LogP contribution is -2.60. The molecule has 0 aromatic heterocycles. The summed E-state index contributed by atoms with van der Waals surface area (Å²) in [7, 11) is 0. The van der Waals surface area contributed by atoms with E-state index in [9.17, 15) is 4.79 Å². The number of carbonyl (C=O) groups is 1. The fourth-order valence-electron chi connectivity index (χ4n) is 2.95. The van der Waals surface area contributed by atoms with Crippen molar-refractivity contribution < 1.29 is 9.53 Å². The second kappa shape index (κ2) is 4.92. The highest BCUT2D eigenvalue weighted by atomic mass is 16.6. The largest absolute Gasteiger partial charge is 0.444 e. The van der Waals surface area contributed by atoms with Crippen LogP contribution in [0.5, 0.6) is 0 Å². The van der Waals surface area contributed by atoms with Crippen molar-refractivity contribution in [2.75, 3.05) is 6.54 Å². The zero-order valence-corrected chi connectivity index (χ0v) is 11.6. The van der Waals surface area contributed by atoms with Crippen LogP contribution in [0.15, 0.2) is 12.7 Å². The van der Waals surface area contributed by atoms with Gasteiger partial charge in [-0.2, -0.15) is 0 Å². The van der Waals surface area contributed by atoms with Crippen molar-refractivity contribution in [3.63, 3.8) is 0 Å². The smallest absolute Gasteiger partial charge is 0.410 e. The van der Waals surface area contributed by atoms with E-state index in [0.29, 0.717) is 12.1 Å². The molecule has 1 N–H and O–H groups in total. The molecular weight excluding hydrogens is 228 g/mol. The van der Waals surface area contributed by atoms with Gasteiger partial charge in [-0.05, 0) is 40.0 Å². The lowest BCUT2D eigenvalue weighted by molar-refractivity contribution is 0.00438. The van der Waals surface area contributed by atoms with Gasteiger partial charge in [0.25, 0.3) is 0 Å². The second-order valence-corrected chi connectivity index (χ2v) is 6.23. The number of amides is 1. The second-order valence-electron chi connectivity index (χ2n) is 6.23. The van der Waals surface area contributed by atoms with Crippen molar-refractivity contribution in [2.24, 2.45) is 0 Å². The summed E-state index contributed by atoms with van der Waals surface area (Å²) in [6.07, 6.45) is 4.80. The third-order valence-electron chi connectivity index (χ3n) is 3.65. The number of fused-ring (bicyclic) bond motifs is 2. The van der Waals surface area contributed by atoms with Crippen molar-refractivity contribution in [3.8, 4) is 0 Å². The third kappa shape index (κ3) is 2.69. The molecule has 2 bridgehead atoms. The van der Waals surface area contributed by atoms with Gasteiger partial charge < -0.3 is 10.1 Å². The van der Waals surface area contributed by atoms with Gasteiger partial charge in [0, 0.05) is 18.6 Å².